The molecule has 4 rings (SSSR count). The number of rotatable bonds is 3. The van der Waals surface area contributed by atoms with Gasteiger partial charge in [-0.05, 0) is 18.2 Å². The summed E-state index contributed by atoms with van der Waals surface area (Å²) in [6, 6.07) is 14.7. The molecule has 1 saturated heterocycles. The number of anilines is 1. The Labute approximate surface area is 158 Å². The van der Waals surface area contributed by atoms with E-state index in [4.69, 9.17) is 23.2 Å². The molecule has 2 unspecified atom stereocenters. The highest BCUT2D eigenvalue weighted by Gasteiger charge is 2.50. The van der Waals surface area contributed by atoms with Crippen LogP contribution in [-0.2, 0) is 4.79 Å². The van der Waals surface area contributed by atoms with Gasteiger partial charge >= 0.3 is 0 Å². The fraction of sp³-hybridized carbons (Fsp3) is 0.111. The van der Waals surface area contributed by atoms with Gasteiger partial charge < -0.3 is 0 Å². The second-order valence-corrected chi connectivity index (χ2v) is 6.69. The van der Waals surface area contributed by atoms with Crippen molar-refractivity contribution >= 4 is 51.4 Å². The van der Waals surface area contributed by atoms with E-state index in [2.05, 4.69) is 4.98 Å². The number of amides is 1. The number of pyridine rings is 1. The van der Waals surface area contributed by atoms with Crippen molar-refractivity contribution in [1.82, 2.24) is 4.98 Å². The van der Waals surface area contributed by atoms with E-state index >= 15 is 0 Å². The van der Waals surface area contributed by atoms with Gasteiger partial charge in [0.25, 0.3) is 5.69 Å². The lowest BCUT2D eigenvalue weighted by atomic mass is 9.92. The van der Waals surface area contributed by atoms with Gasteiger partial charge in [-0.15, -0.1) is 11.6 Å². The van der Waals surface area contributed by atoms with Crippen molar-refractivity contribution < 1.29 is 9.72 Å². The number of aromatic nitrogens is 1. The van der Waals surface area contributed by atoms with Gasteiger partial charge in [0.1, 0.15) is 16.2 Å². The van der Waals surface area contributed by atoms with E-state index < -0.39 is 22.2 Å². The second-order valence-electron chi connectivity index (χ2n) is 5.86. The number of nitrogens with zero attached hydrogens (tertiary/aromatic N) is 3. The molecule has 1 aliphatic heterocycles. The van der Waals surface area contributed by atoms with Gasteiger partial charge in [-0.3, -0.25) is 19.8 Å². The van der Waals surface area contributed by atoms with Crippen LogP contribution in [0.3, 0.4) is 0 Å². The summed E-state index contributed by atoms with van der Waals surface area (Å²) >= 11 is 12.6. The fourth-order valence-electron chi connectivity index (χ4n) is 3.16. The molecular formula is C18H11Cl2N3O3. The summed E-state index contributed by atoms with van der Waals surface area (Å²) < 4.78 is 0. The fourth-order valence-corrected chi connectivity index (χ4v) is 3.77. The third-order valence-corrected chi connectivity index (χ3v) is 5.12. The Bertz CT molecular complexity index is 1060. The number of nitro benzene ring substituents is 1. The number of hydrogen-bond donors (Lipinski definition) is 0. The van der Waals surface area contributed by atoms with Gasteiger partial charge in [0.2, 0.25) is 5.91 Å². The summed E-state index contributed by atoms with van der Waals surface area (Å²) in [6.07, 6.45) is 0. The summed E-state index contributed by atoms with van der Waals surface area (Å²) in [5, 5.41) is 11.5. The molecule has 8 heteroatoms. The van der Waals surface area contributed by atoms with Crippen molar-refractivity contribution in [2.75, 3.05) is 4.90 Å². The van der Waals surface area contributed by atoms with Gasteiger partial charge in [-0.2, -0.15) is 0 Å². The molecule has 1 amide bonds. The molecule has 0 N–H and O–H groups in total. The Morgan fingerprint density at radius 2 is 1.81 bits per heavy atom. The maximum Gasteiger partial charge on any atom is 0.292 e. The van der Waals surface area contributed by atoms with Crippen LogP contribution in [0, 0.1) is 10.1 Å². The molecule has 0 aliphatic carbocycles. The number of halogens is 2. The predicted octanol–water partition coefficient (Wildman–Crippen LogP) is 4.49. The molecule has 0 radical (unpaired) electrons. The Morgan fingerprint density at radius 3 is 2.58 bits per heavy atom. The van der Waals surface area contributed by atoms with Gasteiger partial charge in [0.05, 0.1) is 16.5 Å². The molecule has 0 spiro atoms. The maximum absolute atomic E-state index is 12.4. The molecule has 1 fully saturated rings. The lowest BCUT2D eigenvalue weighted by molar-refractivity contribution is -0.384. The van der Waals surface area contributed by atoms with Gasteiger partial charge in [0.15, 0.2) is 0 Å². The van der Waals surface area contributed by atoms with Crippen LogP contribution in [0.15, 0.2) is 54.6 Å². The number of β-lactam (4-membered cyclic amide) rings is 1. The number of alkyl halides is 1. The summed E-state index contributed by atoms with van der Waals surface area (Å²) in [7, 11) is 0. The number of fused-ring (bicyclic) bond motifs is 1. The first-order valence-electron chi connectivity index (χ1n) is 7.75. The minimum absolute atomic E-state index is 0.167. The molecule has 2 heterocycles. The minimum Gasteiger partial charge on any atom is -0.295 e. The normalized spacial score (nSPS) is 19.5. The number of hydrogen-bond acceptors (Lipinski definition) is 4. The number of para-hydroxylation sites is 3. The van der Waals surface area contributed by atoms with E-state index in [1.54, 1.807) is 12.1 Å². The zero-order chi connectivity index (χ0) is 18.4. The SMILES string of the molecule is O=C1C(Cl)C(c2cc3ccccc3nc2Cl)N1c1ccccc1[N+](=O)[O-]. The van der Waals surface area contributed by atoms with Crippen molar-refractivity contribution in [3.05, 3.63) is 75.4 Å². The van der Waals surface area contributed by atoms with E-state index in [-0.39, 0.29) is 16.5 Å². The smallest absolute Gasteiger partial charge is 0.292 e. The van der Waals surface area contributed by atoms with Crippen LogP contribution in [0.25, 0.3) is 10.9 Å². The summed E-state index contributed by atoms with van der Waals surface area (Å²) in [4.78, 5) is 28.9. The molecule has 6 nitrogen and oxygen atoms in total. The van der Waals surface area contributed by atoms with Crippen molar-refractivity contribution in [3.63, 3.8) is 0 Å². The van der Waals surface area contributed by atoms with E-state index in [9.17, 15) is 14.9 Å². The third-order valence-electron chi connectivity index (χ3n) is 4.39. The van der Waals surface area contributed by atoms with Crippen LogP contribution < -0.4 is 4.90 Å². The van der Waals surface area contributed by atoms with Crippen LogP contribution >= 0.6 is 23.2 Å². The molecule has 0 saturated carbocycles. The Hall–Kier alpha value is -2.70. The number of carbonyl (C=O) groups excluding carboxylic acids is 1. The topological polar surface area (TPSA) is 76.3 Å². The molecule has 0 bridgehead atoms. The molecule has 26 heavy (non-hydrogen) atoms. The highest BCUT2D eigenvalue weighted by Crippen LogP contribution is 2.47. The molecule has 3 aromatic rings. The molecule has 2 atom stereocenters. The number of nitro groups is 1. The maximum atomic E-state index is 12.4. The largest absolute Gasteiger partial charge is 0.295 e. The van der Waals surface area contributed by atoms with Crippen molar-refractivity contribution in [1.29, 1.82) is 0 Å². The highest BCUT2D eigenvalue weighted by molar-refractivity contribution is 6.38. The van der Waals surface area contributed by atoms with Crippen molar-refractivity contribution in [2.24, 2.45) is 0 Å². The second kappa shape index (κ2) is 6.23. The molecule has 130 valence electrons. The van der Waals surface area contributed by atoms with Gasteiger partial charge in [0, 0.05) is 17.0 Å². The van der Waals surface area contributed by atoms with E-state index in [1.165, 1.54) is 17.0 Å². The van der Waals surface area contributed by atoms with Crippen LogP contribution in [-0.4, -0.2) is 21.2 Å². The van der Waals surface area contributed by atoms with Gasteiger partial charge in [-0.25, -0.2) is 4.98 Å². The number of carbonyl (C=O) groups is 1. The molecule has 2 aromatic carbocycles. The van der Waals surface area contributed by atoms with E-state index in [0.29, 0.717) is 5.56 Å². The third kappa shape index (κ3) is 2.50. The lowest BCUT2D eigenvalue weighted by Gasteiger charge is -2.44. The highest BCUT2D eigenvalue weighted by atomic mass is 35.5. The average Bonchev–Trinajstić information content (AvgIpc) is 2.65. The quantitative estimate of drug-likeness (QED) is 0.218. The predicted molar refractivity (Wildman–Crippen MR) is 99.7 cm³/mol. The van der Waals surface area contributed by atoms with E-state index in [0.717, 1.165) is 10.9 Å². The summed E-state index contributed by atoms with van der Waals surface area (Å²) in [5.41, 5.74) is 1.30. The zero-order valence-electron chi connectivity index (χ0n) is 13.2. The first-order valence-corrected chi connectivity index (χ1v) is 8.56. The summed E-state index contributed by atoms with van der Waals surface area (Å²) in [5.74, 6) is -0.407. The summed E-state index contributed by atoms with van der Waals surface area (Å²) in [6.45, 7) is 0. The molecular weight excluding hydrogens is 377 g/mol. The van der Waals surface area contributed by atoms with Crippen molar-refractivity contribution in [2.45, 2.75) is 11.4 Å². The Balaban J connectivity index is 1.85. The Kier molecular flexibility index (Phi) is 4.01. The number of benzene rings is 2. The Morgan fingerprint density at radius 1 is 1.12 bits per heavy atom. The van der Waals surface area contributed by atoms with Crippen LogP contribution in [0.4, 0.5) is 11.4 Å². The first-order chi connectivity index (χ1) is 12.5. The van der Waals surface area contributed by atoms with Crippen molar-refractivity contribution in [3.8, 4) is 0 Å². The average molecular weight is 388 g/mol. The van der Waals surface area contributed by atoms with E-state index in [1.807, 2.05) is 30.3 Å². The molecule has 1 aliphatic rings. The van der Waals surface area contributed by atoms with Gasteiger partial charge in [-0.1, -0.05) is 41.9 Å². The zero-order valence-corrected chi connectivity index (χ0v) is 14.7. The minimum atomic E-state index is -0.865. The van der Waals surface area contributed by atoms with Crippen LogP contribution in [0.1, 0.15) is 11.6 Å². The lowest BCUT2D eigenvalue weighted by Crippen LogP contribution is -2.56. The van der Waals surface area contributed by atoms with Crippen LogP contribution in [0.2, 0.25) is 5.15 Å². The monoisotopic (exact) mass is 387 g/mol. The first kappa shape index (κ1) is 16.8. The van der Waals surface area contributed by atoms with Crippen LogP contribution in [0.5, 0.6) is 0 Å². The standard InChI is InChI=1S/C18H11Cl2N3O3/c19-15-16(11-9-10-5-1-2-6-12(10)21-17(11)20)22(18(15)24)13-7-3-4-8-14(13)23(25)26/h1-9,15-16H. The molecule has 1 aromatic heterocycles.